The van der Waals surface area contributed by atoms with E-state index in [1.165, 1.54) is 0 Å². The molecule has 0 fully saturated rings. The van der Waals surface area contributed by atoms with Crippen LogP contribution in [-0.4, -0.2) is 24.6 Å². The minimum atomic E-state index is 0. The van der Waals surface area contributed by atoms with Crippen LogP contribution in [0, 0.1) is 19.9 Å². The Morgan fingerprint density at radius 3 is 2.38 bits per heavy atom. The second kappa shape index (κ2) is 16.0. The van der Waals surface area contributed by atoms with E-state index in [1.54, 1.807) is 12.1 Å². The molecule has 0 saturated heterocycles. The number of phenolic OH excluding ortho intramolecular Hbond substituents is 1. The Labute approximate surface area is 188 Å². The first-order valence-electron chi connectivity index (χ1n) is 7.42. The third-order valence-corrected chi connectivity index (χ3v) is 3.04. The van der Waals surface area contributed by atoms with Gasteiger partial charge in [0, 0.05) is 0 Å². The van der Waals surface area contributed by atoms with Gasteiger partial charge in [-0.25, -0.2) is 12.2 Å². The number of phenols is 1. The molecule has 126 valence electrons. The van der Waals surface area contributed by atoms with E-state index < -0.39 is 0 Å². The number of allylic oxidation sites excluding steroid dienone is 5. The van der Waals surface area contributed by atoms with Crippen LogP contribution in [0.25, 0.3) is 5.57 Å². The van der Waals surface area contributed by atoms with Crippen LogP contribution in [0.3, 0.4) is 0 Å². The predicted molar refractivity (Wildman–Crippen MR) is 96.1 cm³/mol. The van der Waals surface area contributed by atoms with Crippen molar-refractivity contribution in [2.45, 2.75) is 20.3 Å². The van der Waals surface area contributed by atoms with Crippen LogP contribution in [-0.2, 0) is 11.2 Å². The number of ether oxygens (including phenoxy) is 1. The molecule has 0 radical (unpaired) electrons. The molecule has 0 aliphatic carbocycles. The van der Waals surface area contributed by atoms with Gasteiger partial charge in [0.2, 0.25) is 0 Å². The monoisotopic (exact) mass is 352 g/mol. The molecule has 1 aromatic carbocycles. The first-order chi connectivity index (χ1) is 11.1. The van der Waals surface area contributed by atoms with E-state index in [2.05, 4.69) is 31.2 Å². The molecule has 0 atom stereocenters. The summed E-state index contributed by atoms with van der Waals surface area (Å²) in [6, 6.07) is 3.58. The van der Waals surface area contributed by atoms with Gasteiger partial charge in [-0.3, -0.25) is 10.9 Å². The van der Waals surface area contributed by atoms with E-state index in [4.69, 9.17) is 0 Å². The van der Waals surface area contributed by atoms with Crippen molar-refractivity contribution in [3.8, 4) is 5.75 Å². The van der Waals surface area contributed by atoms with Crippen LogP contribution >= 0.6 is 0 Å². The summed E-state index contributed by atoms with van der Waals surface area (Å²) in [6.07, 6.45) is 9.55. The number of carbonyl (C=O) groups is 1. The Morgan fingerprint density at radius 2 is 2.00 bits per heavy atom. The molecule has 1 N–H and O–H groups in total. The van der Waals surface area contributed by atoms with Crippen molar-refractivity contribution in [2.24, 2.45) is 0 Å². The maximum absolute atomic E-state index is 11.0. The van der Waals surface area contributed by atoms with Gasteiger partial charge in [-0.2, -0.15) is 6.58 Å². The average molecular weight is 353 g/mol. The van der Waals surface area contributed by atoms with Crippen LogP contribution in [0.2, 0.25) is 0 Å². The predicted octanol–water partition coefficient (Wildman–Crippen LogP) is 1.39. The molecule has 0 aliphatic heterocycles. The van der Waals surface area contributed by atoms with Crippen molar-refractivity contribution in [1.29, 1.82) is 0 Å². The topological polar surface area (TPSA) is 46.5 Å². The Kier molecular flexibility index (Phi) is 17.2. The maximum Gasteiger partial charge on any atom is 1.00 e. The fraction of sp³-hybridized carbons (Fsp3) is 0.250. The summed E-state index contributed by atoms with van der Waals surface area (Å²) < 4.78 is 4.61. The summed E-state index contributed by atoms with van der Waals surface area (Å²) in [4.78, 5) is 11.0. The van der Waals surface area contributed by atoms with E-state index in [9.17, 15) is 9.90 Å². The number of aryl methyl sites for hydroxylation is 1. The normalized spacial score (nSPS) is 10.6. The van der Waals surface area contributed by atoms with Gasteiger partial charge in [-0.15, -0.1) is 5.57 Å². The summed E-state index contributed by atoms with van der Waals surface area (Å²) in [5, 5.41) is 9.85. The molecule has 3 nitrogen and oxygen atoms in total. The molecular formula is C20H25KO3-2. The fourth-order valence-corrected chi connectivity index (χ4v) is 1.85. The third kappa shape index (κ3) is 9.11. The van der Waals surface area contributed by atoms with E-state index in [1.807, 2.05) is 32.1 Å². The number of aromatic hydroxyl groups is 1. The van der Waals surface area contributed by atoms with Crippen LogP contribution in [0.5, 0.6) is 5.75 Å². The van der Waals surface area contributed by atoms with Crippen LogP contribution in [0.1, 0.15) is 35.3 Å². The molecule has 1 aromatic rings. The van der Waals surface area contributed by atoms with Gasteiger partial charge in [0.25, 0.3) is 0 Å². The van der Waals surface area contributed by atoms with Gasteiger partial charge >= 0.3 is 51.4 Å². The molecule has 0 bridgehead atoms. The van der Waals surface area contributed by atoms with E-state index in [0.29, 0.717) is 31.5 Å². The average Bonchev–Trinajstić information content (AvgIpc) is 2.57. The molecule has 0 heterocycles. The van der Waals surface area contributed by atoms with Crippen molar-refractivity contribution < 1.29 is 66.0 Å². The standard InChI is InChI=1S/C16H17O2.C4H8O.K/c1-4-7-8-12(5-2)14-9-13(6-3)16(18)15(10-14)11-17;1-3-5-4-2;/h5,7-11,18H,1,6H2,2-3H3;1-4H2;/q-1;-2;+1/b8-7-,12-5+;;. The number of benzene rings is 1. The molecule has 4 heteroatoms. The van der Waals surface area contributed by atoms with E-state index >= 15 is 0 Å². The Hall–Kier alpha value is -0.494. The number of rotatable bonds is 7. The van der Waals surface area contributed by atoms with Gasteiger partial charge in [0.05, 0.1) is 5.56 Å². The van der Waals surface area contributed by atoms with Gasteiger partial charge in [0.15, 0.2) is 6.29 Å². The molecule has 0 amide bonds. The number of carbonyl (C=O) groups excluding carboxylic acids is 1. The van der Waals surface area contributed by atoms with Gasteiger partial charge < -0.3 is 23.7 Å². The summed E-state index contributed by atoms with van der Waals surface area (Å²) in [7, 11) is 0. The number of hydrogen-bond acceptors (Lipinski definition) is 3. The summed E-state index contributed by atoms with van der Waals surface area (Å²) >= 11 is 0. The zero-order chi connectivity index (χ0) is 17.7. The van der Waals surface area contributed by atoms with Crippen LogP contribution in [0.15, 0.2) is 36.9 Å². The zero-order valence-corrected chi connectivity index (χ0v) is 18.1. The fourth-order valence-electron chi connectivity index (χ4n) is 1.85. The molecule has 0 spiro atoms. The summed E-state index contributed by atoms with van der Waals surface area (Å²) in [5.74, 6) is 0.0750. The maximum atomic E-state index is 11.0. The number of aldehydes is 1. The Morgan fingerprint density at radius 1 is 1.38 bits per heavy atom. The largest absolute Gasteiger partial charge is 1.00 e. The molecule has 0 aliphatic rings. The minimum absolute atomic E-state index is 0. The molecule has 0 saturated carbocycles. The second-order valence-corrected chi connectivity index (χ2v) is 4.44. The first-order valence-corrected chi connectivity index (χ1v) is 7.42. The minimum Gasteiger partial charge on any atom is -0.507 e. The Bertz CT molecular complexity index is 558. The molecule has 0 unspecified atom stereocenters. The Balaban J connectivity index is 0. The van der Waals surface area contributed by atoms with Crippen LogP contribution < -0.4 is 51.4 Å². The van der Waals surface area contributed by atoms with E-state index in [0.717, 1.165) is 16.7 Å². The second-order valence-electron chi connectivity index (χ2n) is 4.44. The number of hydrogen-bond donors (Lipinski definition) is 1. The van der Waals surface area contributed by atoms with Crippen molar-refractivity contribution in [2.75, 3.05) is 13.2 Å². The first kappa shape index (κ1) is 25.7. The SMILES string of the molecule is C=[C-]/C=C\C(=C/C)c1cc(C=O)c(O)c(CC)c1.[CH2-]COC[CH2-].[K+]. The zero-order valence-electron chi connectivity index (χ0n) is 15.0. The van der Waals surface area contributed by atoms with Crippen molar-refractivity contribution in [1.82, 2.24) is 0 Å². The van der Waals surface area contributed by atoms with Crippen molar-refractivity contribution >= 4 is 11.9 Å². The third-order valence-electron chi connectivity index (χ3n) is 3.04. The van der Waals surface area contributed by atoms with Crippen molar-refractivity contribution in [3.05, 3.63) is 73.6 Å². The van der Waals surface area contributed by atoms with Crippen LogP contribution in [0.4, 0.5) is 0 Å². The van der Waals surface area contributed by atoms with Gasteiger partial charge in [-0.05, 0) is 36.6 Å². The molecule has 0 aromatic heterocycles. The summed E-state index contributed by atoms with van der Waals surface area (Å²) in [6.45, 7) is 15.3. The summed E-state index contributed by atoms with van der Waals surface area (Å²) in [5.41, 5.74) is 2.95. The quantitative estimate of drug-likeness (QED) is 0.349. The molecular weight excluding hydrogens is 327 g/mol. The van der Waals surface area contributed by atoms with E-state index in [-0.39, 0.29) is 57.1 Å². The van der Waals surface area contributed by atoms with Gasteiger partial charge in [-0.1, -0.05) is 26.2 Å². The molecule has 1 rings (SSSR count). The van der Waals surface area contributed by atoms with Crippen molar-refractivity contribution in [3.63, 3.8) is 0 Å². The smallest absolute Gasteiger partial charge is 0.507 e. The molecule has 24 heavy (non-hydrogen) atoms. The van der Waals surface area contributed by atoms with Gasteiger partial charge in [0.1, 0.15) is 5.75 Å².